The highest BCUT2D eigenvalue weighted by Gasteiger charge is 2.46. The van der Waals surface area contributed by atoms with Gasteiger partial charge >= 0.3 is 0 Å². The van der Waals surface area contributed by atoms with E-state index >= 15 is 0 Å². The Labute approximate surface area is 165 Å². The van der Waals surface area contributed by atoms with Crippen molar-refractivity contribution in [3.8, 4) is 0 Å². The number of morpholine rings is 1. The van der Waals surface area contributed by atoms with Crippen LogP contribution in [0.4, 0.5) is 10.1 Å². The number of nitrogens with zero attached hydrogens (tertiary/aromatic N) is 2. The number of anilines is 1. The van der Waals surface area contributed by atoms with Gasteiger partial charge in [-0.3, -0.25) is 4.79 Å². The molecule has 0 aromatic heterocycles. The fraction of sp³-hybridized carbons (Fsp3) is 0.435. The molecule has 1 unspecified atom stereocenters. The highest BCUT2D eigenvalue weighted by atomic mass is 19.1. The van der Waals surface area contributed by atoms with Gasteiger partial charge in [-0.2, -0.15) is 0 Å². The first-order valence-corrected chi connectivity index (χ1v) is 10.1. The molecule has 4 nitrogen and oxygen atoms in total. The summed E-state index contributed by atoms with van der Waals surface area (Å²) in [6, 6.07) is 17.0. The molecule has 0 saturated carbocycles. The third-order valence-corrected chi connectivity index (χ3v) is 5.96. The Hall–Kier alpha value is -2.24. The Balaban J connectivity index is 1.41. The molecule has 28 heavy (non-hydrogen) atoms. The van der Waals surface area contributed by atoms with Gasteiger partial charge in [-0.05, 0) is 43.9 Å². The molecular weight excluding hydrogens is 355 g/mol. The van der Waals surface area contributed by atoms with E-state index in [2.05, 4.69) is 29.2 Å². The maximum Gasteiger partial charge on any atom is 0.256 e. The van der Waals surface area contributed by atoms with Crippen molar-refractivity contribution < 1.29 is 13.9 Å². The van der Waals surface area contributed by atoms with E-state index in [9.17, 15) is 9.18 Å². The van der Waals surface area contributed by atoms with E-state index in [-0.39, 0.29) is 11.7 Å². The zero-order valence-electron chi connectivity index (χ0n) is 16.3. The summed E-state index contributed by atoms with van der Waals surface area (Å²) >= 11 is 0. The van der Waals surface area contributed by atoms with Crippen LogP contribution in [-0.4, -0.2) is 48.7 Å². The molecule has 0 aliphatic carbocycles. The molecule has 2 aliphatic heterocycles. The molecule has 2 aromatic rings. The Morgan fingerprint density at radius 1 is 1.07 bits per heavy atom. The quantitative estimate of drug-likeness (QED) is 0.809. The van der Waals surface area contributed by atoms with E-state index in [0.717, 1.165) is 38.9 Å². The molecule has 2 aromatic carbocycles. The molecule has 1 amide bonds. The van der Waals surface area contributed by atoms with E-state index in [1.807, 2.05) is 6.07 Å². The van der Waals surface area contributed by atoms with E-state index < -0.39 is 11.7 Å². The minimum Gasteiger partial charge on any atom is -0.360 e. The minimum absolute atomic E-state index is 0.165. The third-order valence-electron chi connectivity index (χ3n) is 5.96. The molecule has 4 rings (SSSR count). The molecular formula is C23H27FN2O2. The number of hydrogen-bond acceptors (Lipinski definition) is 3. The average Bonchev–Trinajstić information content (AvgIpc) is 2.72. The van der Waals surface area contributed by atoms with Crippen molar-refractivity contribution in [3.63, 3.8) is 0 Å². The molecule has 2 heterocycles. The molecule has 148 valence electrons. The van der Waals surface area contributed by atoms with Crippen LogP contribution in [0.2, 0.25) is 0 Å². The molecule has 1 spiro atoms. The number of carbonyl (C=O) groups excluding carboxylic acids is 1. The Bertz CT molecular complexity index is 818. The smallest absolute Gasteiger partial charge is 0.256 e. The standard InChI is InChI=1S/C23H27FN2O2/c1-18-22(27)26(21-10-6-5-9-20(21)24)17-23(28-18)12-15-25(16-13-23)14-11-19-7-3-2-4-8-19/h2-10,18H,11-17H2,1H3. The number of hydrogen-bond donors (Lipinski definition) is 0. The van der Waals surface area contributed by atoms with Gasteiger partial charge in [0.2, 0.25) is 0 Å². The summed E-state index contributed by atoms with van der Waals surface area (Å²) < 4.78 is 20.5. The van der Waals surface area contributed by atoms with Gasteiger partial charge in [0.1, 0.15) is 11.9 Å². The van der Waals surface area contributed by atoms with Crippen LogP contribution in [0.5, 0.6) is 0 Å². The monoisotopic (exact) mass is 382 g/mol. The number of benzene rings is 2. The molecule has 2 saturated heterocycles. The van der Waals surface area contributed by atoms with Crippen LogP contribution >= 0.6 is 0 Å². The van der Waals surface area contributed by atoms with Crippen LogP contribution in [0.25, 0.3) is 0 Å². The maximum absolute atomic E-state index is 14.3. The van der Waals surface area contributed by atoms with Gasteiger partial charge < -0.3 is 14.5 Å². The number of rotatable bonds is 4. The van der Waals surface area contributed by atoms with Crippen molar-refractivity contribution in [2.75, 3.05) is 31.1 Å². The summed E-state index contributed by atoms with van der Waals surface area (Å²) in [5.41, 5.74) is 1.31. The number of carbonyl (C=O) groups is 1. The van der Waals surface area contributed by atoms with E-state index in [1.165, 1.54) is 11.6 Å². The lowest BCUT2D eigenvalue weighted by Gasteiger charge is -2.49. The number of likely N-dealkylation sites (tertiary alicyclic amines) is 1. The summed E-state index contributed by atoms with van der Waals surface area (Å²) in [7, 11) is 0. The number of halogens is 1. The summed E-state index contributed by atoms with van der Waals surface area (Å²) in [6.45, 7) is 5.08. The molecule has 2 fully saturated rings. The Morgan fingerprint density at radius 2 is 1.75 bits per heavy atom. The first-order chi connectivity index (χ1) is 13.6. The third kappa shape index (κ3) is 3.96. The Morgan fingerprint density at radius 3 is 2.46 bits per heavy atom. The van der Waals surface area contributed by atoms with Crippen molar-refractivity contribution in [3.05, 3.63) is 66.0 Å². The number of ether oxygens (including phenoxy) is 1. The number of piperidine rings is 1. The summed E-state index contributed by atoms with van der Waals surface area (Å²) in [5, 5.41) is 0. The lowest BCUT2D eigenvalue weighted by Crippen LogP contribution is -2.61. The average molecular weight is 382 g/mol. The molecule has 0 radical (unpaired) electrons. The van der Waals surface area contributed by atoms with Gasteiger partial charge in [0.15, 0.2) is 0 Å². The zero-order valence-corrected chi connectivity index (χ0v) is 16.3. The molecule has 0 N–H and O–H groups in total. The zero-order chi connectivity index (χ0) is 19.6. The molecule has 5 heteroatoms. The molecule has 0 bridgehead atoms. The molecule has 2 aliphatic rings. The van der Waals surface area contributed by atoms with Gasteiger partial charge in [0, 0.05) is 19.6 Å². The van der Waals surface area contributed by atoms with Crippen molar-refractivity contribution in [2.24, 2.45) is 0 Å². The first-order valence-electron chi connectivity index (χ1n) is 10.1. The van der Waals surface area contributed by atoms with Crippen LogP contribution < -0.4 is 4.90 Å². The van der Waals surface area contributed by atoms with E-state index in [1.54, 1.807) is 30.0 Å². The van der Waals surface area contributed by atoms with Gasteiger partial charge in [-0.1, -0.05) is 42.5 Å². The minimum atomic E-state index is -0.552. The fourth-order valence-corrected chi connectivity index (χ4v) is 4.31. The van der Waals surface area contributed by atoms with Crippen LogP contribution in [0.3, 0.4) is 0 Å². The first kappa shape index (κ1) is 19.1. The summed E-state index contributed by atoms with van der Waals surface area (Å²) in [5.74, 6) is -0.525. The van der Waals surface area contributed by atoms with Gasteiger partial charge in [-0.15, -0.1) is 0 Å². The van der Waals surface area contributed by atoms with Crippen LogP contribution in [0, 0.1) is 5.82 Å². The van der Waals surface area contributed by atoms with E-state index in [0.29, 0.717) is 12.2 Å². The summed E-state index contributed by atoms with van der Waals surface area (Å²) in [4.78, 5) is 16.7. The Kier molecular flexibility index (Phi) is 5.47. The predicted octanol–water partition coefficient (Wildman–Crippen LogP) is 3.65. The van der Waals surface area contributed by atoms with Crippen LogP contribution in [-0.2, 0) is 16.0 Å². The largest absolute Gasteiger partial charge is 0.360 e. The highest BCUT2D eigenvalue weighted by molar-refractivity contribution is 5.97. The van der Waals surface area contributed by atoms with Gasteiger partial charge in [0.05, 0.1) is 17.8 Å². The predicted molar refractivity (Wildman–Crippen MR) is 108 cm³/mol. The number of para-hydroxylation sites is 1. The van der Waals surface area contributed by atoms with Crippen LogP contribution in [0.1, 0.15) is 25.3 Å². The van der Waals surface area contributed by atoms with Crippen molar-refractivity contribution in [2.45, 2.75) is 37.9 Å². The van der Waals surface area contributed by atoms with Crippen LogP contribution in [0.15, 0.2) is 54.6 Å². The highest BCUT2D eigenvalue weighted by Crippen LogP contribution is 2.35. The van der Waals surface area contributed by atoms with Crippen molar-refractivity contribution in [1.29, 1.82) is 0 Å². The van der Waals surface area contributed by atoms with Gasteiger partial charge in [0.25, 0.3) is 5.91 Å². The second kappa shape index (κ2) is 8.02. The van der Waals surface area contributed by atoms with Crippen molar-refractivity contribution >= 4 is 11.6 Å². The SMILES string of the molecule is CC1OC2(CCN(CCc3ccccc3)CC2)CN(c2ccccc2F)C1=O. The number of amides is 1. The van der Waals surface area contributed by atoms with Crippen molar-refractivity contribution in [1.82, 2.24) is 4.90 Å². The molecule has 1 atom stereocenters. The topological polar surface area (TPSA) is 32.8 Å². The maximum atomic E-state index is 14.3. The normalized spacial score (nSPS) is 22.6. The second-order valence-corrected chi connectivity index (χ2v) is 7.90. The van der Waals surface area contributed by atoms with Gasteiger partial charge in [-0.25, -0.2) is 4.39 Å². The summed E-state index contributed by atoms with van der Waals surface area (Å²) in [6.07, 6.45) is 2.18. The lowest BCUT2D eigenvalue weighted by atomic mass is 9.88. The second-order valence-electron chi connectivity index (χ2n) is 7.90. The lowest BCUT2D eigenvalue weighted by molar-refractivity contribution is -0.161. The fourth-order valence-electron chi connectivity index (χ4n) is 4.31. The van der Waals surface area contributed by atoms with E-state index in [4.69, 9.17) is 4.74 Å².